The van der Waals surface area contributed by atoms with E-state index in [9.17, 15) is 10.1 Å². The van der Waals surface area contributed by atoms with E-state index in [0.717, 1.165) is 11.3 Å². The maximum absolute atomic E-state index is 12.9. The van der Waals surface area contributed by atoms with Gasteiger partial charge < -0.3 is 15.4 Å². The van der Waals surface area contributed by atoms with E-state index in [0.29, 0.717) is 29.7 Å². The second kappa shape index (κ2) is 5.96. The van der Waals surface area contributed by atoms with Crippen LogP contribution in [0, 0.1) is 16.7 Å². The van der Waals surface area contributed by atoms with E-state index in [1.54, 1.807) is 0 Å². The van der Waals surface area contributed by atoms with E-state index in [4.69, 9.17) is 10.5 Å². The summed E-state index contributed by atoms with van der Waals surface area (Å²) in [7, 11) is 3.94. The highest BCUT2D eigenvalue weighted by Gasteiger charge is 2.42. The predicted molar refractivity (Wildman–Crippen MR) is 96.5 cm³/mol. The summed E-state index contributed by atoms with van der Waals surface area (Å²) in [5.41, 5.74) is 8.68. The van der Waals surface area contributed by atoms with Crippen molar-refractivity contribution in [3.05, 3.63) is 52.6 Å². The van der Waals surface area contributed by atoms with Gasteiger partial charge in [0.05, 0.1) is 5.92 Å². The molecule has 1 aromatic rings. The molecule has 2 N–H and O–H groups in total. The first-order valence-electron chi connectivity index (χ1n) is 8.34. The number of nitrogens with zero attached hydrogens (tertiary/aromatic N) is 2. The number of Topliss-reactive ketones (excluding diaryl/α,β-unsaturated/α-hetero) is 1. The van der Waals surface area contributed by atoms with Crippen LogP contribution < -0.4 is 10.6 Å². The molecule has 0 aromatic heterocycles. The van der Waals surface area contributed by atoms with Crippen LogP contribution >= 0.6 is 0 Å². The molecular weight excluding hydrogens is 314 g/mol. The molecule has 1 heterocycles. The summed E-state index contributed by atoms with van der Waals surface area (Å²) >= 11 is 0. The molecule has 0 amide bonds. The van der Waals surface area contributed by atoms with Gasteiger partial charge in [-0.05, 0) is 23.1 Å². The van der Waals surface area contributed by atoms with E-state index >= 15 is 0 Å². The number of allylic oxidation sites excluding steroid dienone is 3. The Bertz CT molecular complexity index is 823. The Morgan fingerprint density at radius 3 is 2.44 bits per heavy atom. The van der Waals surface area contributed by atoms with Gasteiger partial charge in [0.15, 0.2) is 5.78 Å². The topological polar surface area (TPSA) is 79.3 Å². The second-order valence-corrected chi connectivity index (χ2v) is 7.69. The molecule has 0 unspecified atom stereocenters. The van der Waals surface area contributed by atoms with Gasteiger partial charge in [0.25, 0.3) is 0 Å². The summed E-state index contributed by atoms with van der Waals surface area (Å²) in [5.74, 6) is 0.301. The zero-order chi connectivity index (χ0) is 18.4. The molecule has 0 spiro atoms. The largest absolute Gasteiger partial charge is 0.444 e. The van der Waals surface area contributed by atoms with Crippen LogP contribution in [0.15, 0.2) is 47.1 Å². The lowest BCUT2D eigenvalue weighted by molar-refractivity contribution is -0.119. The number of anilines is 1. The summed E-state index contributed by atoms with van der Waals surface area (Å²) < 4.78 is 5.70. The number of ether oxygens (including phenoxy) is 1. The average molecular weight is 337 g/mol. The number of ketones is 1. The Morgan fingerprint density at radius 1 is 1.24 bits per heavy atom. The Morgan fingerprint density at radius 2 is 1.88 bits per heavy atom. The third-order valence-corrected chi connectivity index (χ3v) is 4.82. The van der Waals surface area contributed by atoms with Crippen LogP contribution in [0.3, 0.4) is 0 Å². The van der Waals surface area contributed by atoms with Crippen molar-refractivity contribution in [2.75, 3.05) is 19.0 Å². The van der Waals surface area contributed by atoms with Crippen molar-refractivity contribution in [1.82, 2.24) is 0 Å². The molecule has 0 fully saturated rings. The number of carbonyl (C=O) groups excluding carboxylic acids is 1. The van der Waals surface area contributed by atoms with Crippen molar-refractivity contribution in [3.8, 4) is 6.07 Å². The van der Waals surface area contributed by atoms with Gasteiger partial charge in [-0.2, -0.15) is 5.26 Å². The van der Waals surface area contributed by atoms with E-state index in [1.807, 2.05) is 57.1 Å². The van der Waals surface area contributed by atoms with Crippen LogP contribution in [0.5, 0.6) is 0 Å². The van der Waals surface area contributed by atoms with Crippen molar-refractivity contribution in [1.29, 1.82) is 5.26 Å². The molecule has 0 saturated carbocycles. The number of hydrogen-bond acceptors (Lipinski definition) is 5. The number of rotatable bonds is 2. The molecule has 3 rings (SSSR count). The molecule has 5 nitrogen and oxygen atoms in total. The van der Waals surface area contributed by atoms with E-state index in [1.165, 1.54) is 0 Å². The number of nitrogens with two attached hydrogens (primary N) is 1. The fourth-order valence-corrected chi connectivity index (χ4v) is 3.58. The van der Waals surface area contributed by atoms with Crippen LogP contribution in [0.25, 0.3) is 0 Å². The maximum Gasteiger partial charge on any atom is 0.205 e. The molecule has 0 saturated heterocycles. The first-order chi connectivity index (χ1) is 11.7. The minimum Gasteiger partial charge on any atom is -0.444 e. The number of benzene rings is 1. The number of carbonyl (C=O) groups is 1. The Labute approximate surface area is 148 Å². The number of hydrogen-bond donors (Lipinski definition) is 1. The van der Waals surface area contributed by atoms with Crippen LogP contribution in [-0.4, -0.2) is 19.9 Å². The third-order valence-electron chi connectivity index (χ3n) is 4.82. The lowest BCUT2D eigenvalue weighted by Gasteiger charge is -2.37. The van der Waals surface area contributed by atoms with Gasteiger partial charge in [-0.15, -0.1) is 0 Å². The van der Waals surface area contributed by atoms with Gasteiger partial charge in [0.1, 0.15) is 17.4 Å². The van der Waals surface area contributed by atoms with Gasteiger partial charge in [-0.3, -0.25) is 4.79 Å². The maximum atomic E-state index is 12.9. The third kappa shape index (κ3) is 3.00. The van der Waals surface area contributed by atoms with E-state index < -0.39 is 5.92 Å². The minimum atomic E-state index is -0.450. The van der Waals surface area contributed by atoms with Gasteiger partial charge in [-0.1, -0.05) is 26.0 Å². The van der Waals surface area contributed by atoms with Crippen molar-refractivity contribution in [2.45, 2.75) is 32.6 Å². The van der Waals surface area contributed by atoms with Gasteiger partial charge in [0, 0.05) is 38.2 Å². The molecule has 1 aromatic carbocycles. The van der Waals surface area contributed by atoms with E-state index in [2.05, 4.69) is 6.07 Å². The first kappa shape index (κ1) is 17.1. The molecule has 1 aliphatic heterocycles. The highest BCUT2D eigenvalue weighted by atomic mass is 16.5. The SMILES string of the molecule is CN(C)c1ccc([C@@H]2C(C#N)=C(N)OC3=C2C(=O)CC(C)(C)C3)cc1. The fraction of sp³-hybridized carbons (Fsp3) is 0.400. The molecule has 0 bridgehead atoms. The molecule has 1 atom stereocenters. The summed E-state index contributed by atoms with van der Waals surface area (Å²) in [6, 6.07) is 10.0. The zero-order valence-corrected chi connectivity index (χ0v) is 15.1. The minimum absolute atomic E-state index is 0.0354. The Kier molecular flexibility index (Phi) is 4.08. The quantitative estimate of drug-likeness (QED) is 0.896. The summed E-state index contributed by atoms with van der Waals surface area (Å²) in [6.07, 6.45) is 1.08. The molecule has 130 valence electrons. The second-order valence-electron chi connectivity index (χ2n) is 7.69. The summed E-state index contributed by atoms with van der Waals surface area (Å²) in [4.78, 5) is 14.9. The lowest BCUT2D eigenvalue weighted by Crippen LogP contribution is -2.33. The normalized spacial score (nSPS) is 22.2. The van der Waals surface area contributed by atoms with E-state index in [-0.39, 0.29) is 17.1 Å². The lowest BCUT2D eigenvalue weighted by atomic mass is 9.70. The Hall–Kier alpha value is -2.74. The number of nitriles is 1. The highest BCUT2D eigenvalue weighted by molar-refractivity contribution is 6.00. The average Bonchev–Trinajstić information content (AvgIpc) is 2.52. The molecule has 0 radical (unpaired) electrons. The van der Waals surface area contributed by atoms with Gasteiger partial charge >= 0.3 is 0 Å². The molecule has 2 aliphatic rings. The smallest absolute Gasteiger partial charge is 0.205 e. The van der Waals surface area contributed by atoms with Crippen molar-refractivity contribution < 1.29 is 9.53 Å². The van der Waals surface area contributed by atoms with Crippen molar-refractivity contribution in [2.24, 2.45) is 11.1 Å². The molecule has 25 heavy (non-hydrogen) atoms. The first-order valence-corrected chi connectivity index (χ1v) is 8.34. The van der Waals surface area contributed by atoms with Gasteiger partial charge in [-0.25, -0.2) is 0 Å². The standard InChI is InChI=1S/C20H23N3O2/c1-20(2)9-15(24)18-16(10-20)25-19(22)14(11-21)17(18)12-5-7-13(8-6-12)23(3)4/h5-8,17H,9-10,22H2,1-4H3/t17-/m1/s1. The monoisotopic (exact) mass is 337 g/mol. The molecular formula is C20H23N3O2. The zero-order valence-electron chi connectivity index (χ0n) is 15.1. The van der Waals surface area contributed by atoms with Crippen molar-refractivity contribution in [3.63, 3.8) is 0 Å². The predicted octanol–water partition coefficient (Wildman–Crippen LogP) is 3.20. The van der Waals surface area contributed by atoms with Crippen LogP contribution in [0.1, 0.15) is 38.2 Å². The highest BCUT2D eigenvalue weighted by Crippen LogP contribution is 2.47. The fourth-order valence-electron chi connectivity index (χ4n) is 3.58. The Balaban J connectivity index is 2.12. The van der Waals surface area contributed by atoms with Gasteiger partial charge in [0.2, 0.25) is 5.88 Å². The van der Waals surface area contributed by atoms with Crippen LogP contribution in [-0.2, 0) is 9.53 Å². The van der Waals surface area contributed by atoms with Crippen LogP contribution in [0.2, 0.25) is 0 Å². The van der Waals surface area contributed by atoms with Crippen LogP contribution in [0.4, 0.5) is 5.69 Å². The molecule has 5 heteroatoms. The summed E-state index contributed by atoms with van der Waals surface area (Å²) in [6.45, 7) is 4.08. The van der Waals surface area contributed by atoms with Crippen molar-refractivity contribution >= 4 is 11.5 Å². The summed E-state index contributed by atoms with van der Waals surface area (Å²) in [5, 5.41) is 9.61. The molecule has 1 aliphatic carbocycles.